The molecular weight excluding hydrogens is 398 g/mol. The summed E-state index contributed by atoms with van der Waals surface area (Å²) in [5.41, 5.74) is 1.51. The van der Waals surface area contributed by atoms with Crippen LogP contribution in [0.15, 0.2) is 55.0 Å². The average Bonchev–Trinajstić information content (AvgIpc) is 3.55. The van der Waals surface area contributed by atoms with Crippen LogP contribution in [0.1, 0.15) is 31.5 Å². The summed E-state index contributed by atoms with van der Waals surface area (Å²) >= 11 is 0. The monoisotopic (exact) mass is 425 g/mol. The van der Waals surface area contributed by atoms with Gasteiger partial charge in [0.1, 0.15) is 17.1 Å². The van der Waals surface area contributed by atoms with Gasteiger partial charge in [0.05, 0.1) is 0 Å². The lowest BCUT2D eigenvalue weighted by atomic mass is 10.3. The number of nitrogens with one attached hydrogen (secondary N) is 6. The first-order valence-electron chi connectivity index (χ1n) is 10.1. The van der Waals surface area contributed by atoms with E-state index in [1.54, 1.807) is 55.0 Å². The first-order valence-corrected chi connectivity index (χ1v) is 10.1. The van der Waals surface area contributed by atoms with Gasteiger partial charge in [0.2, 0.25) is 0 Å². The zero-order valence-corrected chi connectivity index (χ0v) is 17.1. The van der Waals surface area contributed by atoms with Crippen molar-refractivity contribution in [1.82, 2.24) is 35.8 Å². The molecule has 0 aliphatic rings. The van der Waals surface area contributed by atoms with E-state index in [1.807, 2.05) is 0 Å². The Morgan fingerprint density at radius 3 is 1.19 bits per heavy atom. The quantitative estimate of drug-likeness (QED) is 0.253. The van der Waals surface area contributed by atoms with Crippen molar-refractivity contribution in [3.05, 3.63) is 72.1 Å². The molecule has 31 heavy (non-hydrogen) atoms. The van der Waals surface area contributed by atoms with Gasteiger partial charge in [0, 0.05) is 57.9 Å². The van der Waals surface area contributed by atoms with Gasteiger partial charge in [0.15, 0.2) is 0 Å². The molecular formula is C21H27N7O3. The number of H-pyrrole nitrogens is 3. The van der Waals surface area contributed by atoms with Crippen LogP contribution in [0, 0.1) is 0 Å². The molecule has 3 heterocycles. The fourth-order valence-electron chi connectivity index (χ4n) is 3.02. The van der Waals surface area contributed by atoms with Crippen LogP contribution in [0.3, 0.4) is 0 Å². The van der Waals surface area contributed by atoms with Gasteiger partial charge in [-0.15, -0.1) is 0 Å². The van der Waals surface area contributed by atoms with E-state index in [1.165, 1.54) is 0 Å². The predicted octanol–water partition coefficient (Wildman–Crippen LogP) is 0.563. The van der Waals surface area contributed by atoms with E-state index in [9.17, 15) is 14.4 Å². The Labute approximate surface area is 179 Å². The third-order valence-electron chi connectivity index (χ3n) is 4.67. The second kappa shape index (κ2) is 11.4. The summed E-state index contributed by atoms with van der Waals surface area (Å²) in [4.78, 5) is 46.9. The molecule has 0 saturated heterocycles. The third-order valence-corrected chi connectivity index (χ3v) is 4.67. The van der Waals surface area contributed by atoms with Crippen LogP contribution in [0.5, 0.6) is 0 Å². The van der Waals surface area contributed by atoms with Crippen LogP contribution in [-0.2, 0) is 0 Å². The van der Waals surface area contributed by atoms with Crippen LogP contribution in [0.4, 0.5) is 0 Å². The van der Waals surface area contributed by atoms with Crippen molar-refractivity contribution in [2.45, 2.75) is 0 Å². The van der Waals surface area contributed by atoms with Gasteiger partial charge in [-0.3, -0.25) is 19.3 Å². The van der Waals surface area contributed by atoms with E-state index >= 15 is 0 Å². The molecule has 3 aromatic heterocycles. The Hall–Kier alpha value is -3.79. The number of aromatic nitrogens is 3. The maximum Gasteiger partial charge on any atom is 0.267 e. The zero-order chi connectivity index (χ0) is 21.9. The Bertz CT molecular complexity index is 810. The summed E-state index contributed by atoms with van der Waals surface area (Å²) in [7, 11) is 0. The SMILES string of the molecule is O=C(NCCN(CCNC(=O)c1ccc[nH]1)CCNC(=O)c1ccc[nH]1)c1ccc[nH]1. The molecule has 164 valence electrons. The topological polar surface area (TPSA) is 138 Å². The zero-order valence-electron chi connectivity index (χ0n) is 17.1. The van der Waals surface area contributed by atoms with E-state index < -0.39 is 0 Å². The van der Waals surface area contributed by atoms with Gasteiger partial charge in [-0.05, 0) is 36.4 Å². The van der Waals surface area contributed by atoms with Crippen molar-refractivity contribution in [2.75, 3.05) is 39.3 Å². The van der Waals surface area contributed by atoms with Crippen molar-refractivity contribution >= 4 is 17.7 Å². The van der Waals surface area contributed by atoms with Gasteiger partial charge in [-0.25, -0.2) is 0 Å². The lowest BCUT2D eigenvalue weighted by Gasteiger charge is -2.22. The first-order chi connectivity index (χ1) is 15.1. The fourth-order valence-corrected chi connectivity index (χ4v) is 3.02. The summed E-state index contributed by atoms with van der Waals surface area (Å²) in [6.45, 7) is 3.03. The van der Waals surface area contributed by atoms with Gasteiger partial charge in [0.25, 0.3) is 17.7 Å². The normalized spacial score (nSPS) is 10.7. The van der Waals surface area contributed by atoms with Crippen LogP contribution < -0.4 is 16.0 Å². The van der Waals surface area contributed by atoms with Crippen molar-refractivity contribution in [1.29, 1.82) is 0 Å². The first kappa shape index (κ1) is 21.9. The van der Waals surface area contributed by atoms with Gasteiger partial charge >= 0.3 is 0 Å². The van der Waals surface area contributed by atoms with Gasteiger partial charge in [-0.1, -0.05) is 0 Å². The van der Waals surface area contributed by atoms with Gasteiger partial charge in [-0.2, -0.15) is 0 Å². The summed E-state index contributed by atoms with van der Waals surface area (Å²) < 4.78 is 0. The number of carbonyl (C=O) groups is 3. The molecule has 10 heteroatoms. The minimum absolute atomic E-state index is 0.176. The highest BCUT2D eigenvalue weighted by molar-refractivity contribution is 5.93. The highest BCUT2D eigenvalue weighted by atomic mass is 16.2. The maximum absolute atomic E-state index is 12.1. The molecule has 0 atom stereocenters. The Morgan fingerprint density at radius 1 is 0.613 bits per heavy atom. The van der Waals surface area contributed by atoms with Crippen LogP contribution >= 0.6 is 0 Å². The summed E-state index contributed by atoms with van der Waals surface area (Å²) in [5.74, 6) is -0.528. The molecule has 0 saturated carbocycles. The number of rotatable bonds is 12. The van der Waals surface area contributed by atoms with E-state index in [0.29, 0.717) is 56.4 Å². The van der Waals surface area contributed by atoms with Gasteiger partial charge < -0.3 is 30.9 Å². The van der Waals surface area contributed by atoms with E-state index in [2.05, 4.69) is 35.8 Å². The molecule has 0 fully saturated rings. The highest BCUT2D eigenvalue weighted by Crippen LogP contribution is 1.96. The molecule has 0 aromatic carbocycles. The molecule has 0 aliphatic carbocycles. The number of carbonyl (C=O) groups excluding carboxylic acids is 3. The molecule has 3 aromatic rings. The van der Waals surface area contributed by atoms with Crippen molar-refractivity contribution in [2.24, 2.45) is 0 Å². The second-order valence-electron chi connectivity index (χ2n) is 6.86. The molecule has 3 rings (SSSR count). The van der Waals surface area contributed by atoms with E-state index in [-0.39, 0.29) is 17.7 Å². The summed E-state index contributed by atoms with van der Waals surface area (Å²) in [6.07, 6.45) is 5.09. The number of aromatic amines is 3. The summed E-state index contributed by atoms with van der Waals surface area (Å²) in [5, 5.41) is 8.59. The number of hydrogen-bond acceptors (Lipinski definition) is 4. The molecule has 10 nitrogen and oxygen atoms in total. The molecule has 3 amide bonds. The molecule has 0 unspecified atom stereocenters. The van der Waals surface area contributed by atoms with E-state index in [0.717, 1.165) is 0 Å². The Balaban J connectivity index is 1.44. The summed E-state index contributed by atoms with van der Waals surface area (Å²) in [6, 6.07) is 10.4. The predicted molar refractivity (Wildman–Crippen MR) is 116 cm³/mol. The number of amides is 3. The third kappa shape index (κ3) is 6.89. The maximum atomic E-state index is 12.1. The van der Waals surface area contributed by atoms with Crippen molar-refractivity contribution in [3.63, 3.8) is 0 Å². The molecule has 6 N–H and O–H groups in total. The lowest BCUT2D eigenvalue weighted by Crippen LogP contribution is -2.43. The second-order valence-corrected chi connectivity index (χ2v) is 6.86. The van der Waals surface area contributed by atoms with Crippen LogP contribution in [0.25, 0.3) is 0 Å². The number of nitrogens with zero attached hydrogens (tertiary/aromatic N) is 1. The smallest absolute Gasteiger partial charge is 0.267 e. The molecule has 0 bridgehead atoms. The molecule has 0 radical (unpaired) electrons. The minimum atomic E-state index is -0.176. The fraction of sp³-hybridized carbons (Fsp3) is 0.286. The van der Waals surface area contributed by atoms with Crippen molar-refractivity contribution in [3.8, 4) is 0 Å². The Kier molecular flexibility index (Phi) is 8.06. The van der Waals surface area contributed by atoms with Crippen molar-refractivity contribution < 1.29 is 14.4 Å². The highest BCUT2D eigenvalue weighted by Gasteiger charge is 2.11. The molecule has 0 spiro atoms. The van der Waals surface area contributed by atoms with E-state index in [4.69, 9.17) is 0 Å². The number of hydrogen-bond donors (Lipinski definition) is 6. The van der Waals surface area contributed by atoms with Crippen LogP contribution in [0.2, 0.25) is 0 Å². The standard InChI is InChI=1S/C21H27N7O3/c29-19(16-4-1-7-22-16)25-10-13-28(14-11-26-20(30)17-5-2-8-23-17)15-12-27-21(31)18-6-3-9-24-18/h1-9,22-24H,10-15H2,(H,25,29)(H,26,30)(H,27,31). The Morgan fingerprint density at radius 2 is 0.935 bits per heavy atom. The average molecular weight is 425 g/mol. The molecule has 0 aliphatic heterocycles. The minimum Gasteiger partial charge on any atom is -0.357 e. The largest absolute Gasteiger partial charge is 0.357 e. The van der Waals surface area contributed by atoms with Crippen LogP contribution in [-0.4, -0.2) is 76.8 Å². The lowest BCUT2D eigenvalue weighted by molar-refractivity contribution is 0.0944.